The molecule has 4 nitrogen and oxygen atoms in total. The van der Waals surface area contributed by atoms with Crippen LogP contribution in [-0.4, -0.2) is 11.9 Å². The molecule has 4 heteroatoms. The Balaban J connectivity index is 3.58. The van der Waals surface area contributed by atoms with Crippen molar-refractivity contribution in [1.82, 2.24) is 0 Å². The molecule has 0 unspecified atom stereocenters. The quantitative estimate of drug-likeness (QED) is 0.259. The maximum absolute atomic E-state index is 4.80. The van der Waals surface area contributed by atoms with Crippen LogP contribution in [-0.2, 0) is 0 Å². The lowest BCUT2D eigenvalue weighted by molar-refractivity contribution is 1.24. The number of hydrogen-bond donors (Lipinski definition) is 2. The molecule has 0 aromatic heterocycles. The molecule has 0 aliphatic rings. The number of rotatable bonds is 1. The first-order valence-electron chi connectivity index (χ1n) is 1.79. The van der Waals surface area contributed by atoms with E-state index in [9.17, 15) is 0 Å². The second kappa shape index (κ2) is 3.14. The highest BCUT2D eigenvalue weighted by Gasteiger charge is 1.75. The summed E-state index contributed by atoms with van der Waals surface area (Å²) in [5.41, 5.74) is 0.613. The third-order valence-corrected chi connectivity index (χ3v) is 0.465. The van der Waals surface area contributed by atoms with Crippen molar-refractivity contribution in [2.24, 2.45) is 21.9 Å². The van der Waals surface area contributed by atoms with Crippen molar-refractivity contribution in [2.75, 3.05) is 0 Å². The topological polar surface area (TPSA) is 76.8 Å². The summed E-state index contributed by atoms with van der Waals surface area (Å²) in [7, 11) is 0. The molecule has 0 aliphatic heterocycles. The standard InChI is InChI=1S/C3H8N4/c1-3(7-5)2-6-4/h2H,4-5H2,1H3/b6-2+,7-3+. The van der Waals surface area contributed by atoms with Gasteiger partial charge in [-0.1, -0.05) is 0 Å². The van der Waals surface area contributed by atoms with Crippen LogP contribution in [0.25, 0.3) is 0 Å². The van der Waals surface area contributed by atoms with Crippen LogP contribution in [0.1, 0.15) is 6.92 Å². The molecule has 0 fully saturated rings. The molecule has 0 amide bonds. The first-order chi connectivity index (χ1) is 3.31. The Morgan fingerprint density at radius 3 is 2.29 bits per heavy atom. The van der Waals surface area contributed by atoms with E-state index in [2.05, 4.69) is 10.2 Å². The zero-order chi connectivity index (χ0) is 5.70. The van der Waals surface area contributed by atoms with Gasteiger partial charge in [-0.15, -0.1) is 0 Å². The summed E-state index contributed by atoms with van der Waals surface area (Å²) in [6.07, 6.45) is 1.38. The summed E-state index contributed by atoms with van der Waals surface area (Å²) in [6.45, 7) is 1.70. The molecule has 0 saturated heterocycles. The van der Waals surface area contributed by atoms with Crippen LogP contribution >= 0.6 is 0 Å². The fourth-order valence-electron chi connectivity index (χ4n) is 0.141. The molecule has 0 heterocycles. The Hall–Kier alpha value is -1.06. The summed E-state index contributed by atoms with van der Waals surface area (Å²) in [5.74, 6) is 9.54. The van der Waals surface area contributed by atoms with Gasteiger partial charge < -0.3 is 11.7 Å². The van der Waals surface area contributed by atoms with Gasteiger partial charge in [0.1, 0.15) is 0 Å². The summed E-state index contributed by atoms with van der Waals surface area (Å²) in [5, 5.41) is 6.44. The fourth-order valence-corrected chi connectivity index (χ4v) is 0.141. The normalized spacial score (nSPS) is 13.0. The molecule has 0 spiro atoms. The SMILES string of the molecule is CC(/C=N/N)=N\N. The molecular weight excluding hydrogens is 92.1 g/mol. The molecule has 0 rings (SSSR count). The second-order valence-corrected chi connectivity index (χ2v) is 1.05. The van der Waals surface area contributed by atoms with E-state index in [1.807, 2.05) is 0 Å². The predicted molar refractivity (Wildman–Crippen MR) is 30.0 cm³/mol. The lowest BCUT2D eigenvalue weighted by atomic mass is 10.5. The van der Waals surface area contributed by atoms with Gasteiger partial charge >= 0.3 is 0 Å². The maximum atomic E-state index is 4.80. The van der Waals surface area contributed by atoms with Crippen molar-refractivity contribution in [2.45, 2.75) is 6.92 Å². The molecular formula is C3H8N4. The van der Waals surface area contributed by atoms with E-state index in [-0.39, 0.29) is 0 Å². The van der Waals surface area contributed by atoms with Crippen LogP contribution in [0.5, 0.6) is 0 Å². The molecule has 0 radical (unpaired) electrons. The molecule has 40 valence electrons. The molecule has 4 N–H and O–H groups in total. The van der Waals surface area contributed by atoms with Gasteiger partial charge in [0.15, 0.2) is 0 Å². The fraction of sp³-hybridized carbons (Fsp3) is 0.333. The lowest BCUT2D eigenvalue weighted by Gasteiger charge is -1.79. The zero-order valence-corrected chi connectivity index (χ0v) is 4.13. The smallest absolute Gasteiger partial charge is 0.0769 e. The molecule has 0 aliphatic carbocycles. The van der Waals surface area contributed by atoms with E-state index in [1.165, 1.54) is 6.21 Å². The number of nitrogens with zero attached hydrogens (tertiary/aromatic N) is 2. The van der Waals surface area contributed by atoms with Crippen molar-refractivity contribution in [3.63, 3.8) is 0 Å². The van der Waals surface area contributed by atoms with Crippen LogP contribution in [0.4, 0.5) is 0 Å². The average molecular weight is 100 g/mol. The molecule has 0 aromatic carbocycles. The predicted octanol–water partition coefficient (Wildman–Crippen LogP) is -0.734. The monoisotopic (exact) mass is 100 g/mol. The molecule has 0 bridgehead atoms. The van der Waals surface area contributed by atoms with Crippen molar-refractivity contribution >= 4 is 11.9 Å². The second-order valence-electron chi connectivity index (χ2n) is 1.05. The van der Waals surface area contributed by atoms with Gasteiger partial charge in [0, 0.05) is 0 Å². The van der Waals surface area contributed by atoms with Crippen molar-refractivity contribution < 1.29 is 0 Å². The zero-order valence-electron chi connectivity index (χ0n) is 4.13. The van der Waals surface area contributed by atoms with Crippen LogP contribution < -0.4 is 11.7 Å². The Labute approximate surface area is 41.9 Å². The Bertz CT molecular complexity index is 93.1. The molecule has 0 atom stereocenters. The van der Waals surface area contributed by atoms with Crippen LogP contribution in [0, 0.1) is 0 Å². The maximum Gasteiger partial charge on any atom is 0.0769 e. The third kappa shape index (κ3) is 2.75. The van der Waals surface area contributed by atoms with Crippen molar-refractivity contribution in [3.05, 3.63) is 0 Å². The minimum Gasteiger partial charge on any atom is -0.323 e. The number of hydrazone groups is 2. The van der Waals surface area contributed by atoms with Gasteiger partial charge in [-0.2, -0.15) is 10.2 Å². The van der Waals surface area contributed by atoms with Gasteiger partial charge in [0.2, 0.25) is 0 Å². The first kappa shape index (κ1) is 5.94. The van der Waals surface area contributed by atoms with Crippen LogP contribution in [0.15, 0.2) is 10.2 Å². The van der Waals surface area contributed by atoms with E-state index < -0.39 is 0 Å². The van der Waals surface area contributed by atoms with Crippen LogP contribution in [0.2, 0.25) is 0 Å². The largest absolute Gasteiger partial charge is 0.323 e. The first-order valence-corrected chi connectivity index (χ1v) is 1.79. The minimum atomic E-state index is 0.613. The molecule has 7 heavy (non-hydrogen) atoms. The third-order valence-electron chi connectivity index (χ3n) is 0.465. The minimum absolute atomic E-state index is 0.613. The van der Waals surface area contributed by atoms with Crippen molar-refractivity contribution in [3.8, 4) is 0 Å². The highest BCUT2D eigenvalue weighted by atomic mass is 15.1. The van der Waals surface area contributed by atoms with Gasteiger partial charge in [0.25, 0.3) is 0 Å². The highest BCUT2D eigenvalue weighted by molar-refractivity contribution is 6.29. The van der Waals surface area contributed by atoms with E-state index in [1.54, 1.807) is 6.92 Å². The summed E-state index contributed by atoms with van der Waals surface area (Å²) in [6, 6.07) is 0. The number of hydrogen-bond acceptors (Lipinski definition) is 4. The molecule has 0 saturated carbocycles. The van der Waals surface area contributed by atoms with E-state index in [4.69, 9.17) is 11.7 Å². The summed E-state index contributed by atoms with van der Waals surface area (Å²) in [4.78, 5) is 0. The van der Waals surface area contributed by atoms with Crippen LogP contribution in [0.3, 0.4) is 0 Å². The summed E-state index contributed by atoms with van der Waals surface area (Å²) >= 11 is 0. The molecule has 0 aromatic rings. The van der Waals surface area contributed by atoms with Gasteiger partial charge in [0.05, 0.1) is 11.9 Å². The lowest BCUT2D eigenvalue weighted by Crippen LogP contribution is -1.98. The van der Waals surface area contributed by atoms with Gasteiger partial charge in [-0.3, -0.25) is 0 Å². The van der Waals surface area contributed by atoms with Gasteiger partial charge in [-0.05, 0) is 6.92 Å². The van der Waals surface area contributed by atoms with E-state index in [0.29, 0.717) is 5.71 Å². The summed E-state index contributed by atoms with van der Waals surface area (Å²) < 4.78 is 0. The Morgan fingerprint density at radius 1 is 1.57 bits per heavy atom. The van der Waals surface area contributed by atoms with Gasteiger partial charge in [-0.25, -0.2) is 0 Å². The van der Waals surface area contributed by atoms with Crippen molar-refractivity contribution in [1.29, 1.82) is 0 Å². The number of nitrogens with two attached hydrogens (primary N) is 2. The highest BCUT2D eigenvalue weighted by Crippen LogP contribution is 1.61. The Morgan fingerprint density at radius 2 is 2.14 bits per heavy atom. The average Bonchev–Trinajstić information content (AvgIpc) is 1.68. The van der Waals surface area contributed by atoms with E-state index in [0.717, 1.165) is 0 Å². The Kier molecular flexibility index (Phi) is 2.67. The van der Waals surface area contributed by atoms with E-state index >= 15 is 0 Å².